The Bertz CT molecular complexity index is 1490. The molecule has 0 saturated carbocycles. The van der Waals surface area contributed by atoms with E-state index in [0.29, 0.717) is 9.33 Å². The van der Waals surface area contributed by atoms with E-state index in [2.05, 4.69) is 26.1 Å². The zero-order valence-corrected chi connectivity index (χ0v) is 19.3. The summed E-state index contributed by atoms with van der Waals surface area (Å²) in [7, 11) is 0. The summed E-state index contributed by atoms with van der Waals surface area (Å²) in [6.07, 6.45) is 3.84. The zero-order chi connectivity index (χ0) is 21.9. The van der Waals surface area contributed by atoms with Crippen molar-refractivity contribution in [3.8, 4) is 0 Å². The van der Waals surface area contributed by atoms with Gasteiger partial charge in [-0.2, -0.15) is 0 Å². The average molecular weight is 500 g/mol. The summed E-state index contributed by atoms with van der Waals surface area (Å²) in [5, 5.41) is 8.97. The van der Waals surface area contributed by atoms with Crippen molar-refractivity contribution in [2.24, 2.45) is 10.2 Å². The third-order valence-corrected chi connectivity index (χ3v) is 6.59. The maximum Gasteiger partial charge on any atom is 0.271 e. The van der Waals surface area contributed by atoms with Gasteiger partial charge < -0.3 is 0 Å². The van der Waals surface area contributed by atoms with Crippen molar-refractivity contribution in [1.82, 2.24) is 4.57 Å². The Morgan fingerprint density at radius 3 is 2.19 bits per heavy atom. The van der Waals surface area contributed by atoms with Crippen LogP contribution in [-0.2, 0) is 0 Å². The first-order valence-electron chi connectivity index (χ1n) is 10.1. The molecule has 0 fully saturated rings. The molecule has 0 unspecified atom stereocenters. The Balaban J connectivity index is 1.66. The smallest absolute Gasteiger partial charge is 0.268 e. The minimum atomic E-state index is -0.339. The molecule has 1 aliphatic rings. The average Bonchev–Trinajstić information content (AvgIpc) is 3.15. The van der Waals surface area contributed by atoms with Crippen molar-refractivity contribution in [3.05, 3.63) is 132 Å². The quantitative estimate of drug-likeness (QED) is 0.399. The van der Waals surface area contributed by atoms with Crippen LogP contribution in [0, 0.1) is 0 Å². The summed E-state index contributed by atoms with van der Waals surface area (Å²) in [5.74, 6) is 0. The molecule has 0 N–H and O–H groups in total. The van der Waals surface area contributed by atoms with E-state index < -0.39 is 0 Å². The number of rotatable bonds is 4. The minimum Gasteiger partial charge on any atom is -0.268 e. The van der Waals surface area contributed by atoms with Crippen molar-refractivity contribution >= 4 is 45.1 Å². The first-order chi connectivity index (χ1) is 15.7. The van der Waals surface area contributed by atoms with E-state index in [-0.39, 0.29) is 11.6 Å². The van der Waals surface area contributed by atoms with E-state index in [1.807, 2.05) is 103 Å². The second-order valence-corrected chi connectivity index (χ2v) is 9.20. The largest absolute Gasteiger partial charge is 0.271 e. The van der Waals surface area contributed by atoms with Crippen molar-refractivity contribution in [2.75, 3.05) is 0 Å². The molecule has 156 valence electrons. The summed E-state index contributed by atoms with van der Waals surface area (Å²) in [4.78, 5) is 14.1. The summed E-state index contributed by atoms with van der Waals surface area (Å²) in [5.41, 5.74) is 3.68. The maximum absolute atomic E-state index is 13.5. The molecular weight excluding hydrogens is 482 g/mol. The molecule has 2 heterocycles. The molecule has 4 aromatic rings. The normalized spacial score (nSPS) is 16.3. The van der Waals surface area contributed by atoms with Gasteiger partial charge >= 0.3 is 0 Å². The highest BCUT2D eigenvalue weighted by molar-refractivity contribution is 9.12. The molecule has 0 bridgehead atoms. The van der Waals surface area contributed by atoms with Crippen LogP contribution in [0.5, 0.6) is 0 Å². The molecule has 32 heavy (non-hydrogen) atoms. The Hall–Kier alpha value is -3.35. The first kappa shape index (κ1) is 20.5. The highest BCUT2D eigenvalue weighted by Crippen LogP contribution is 2.24. The standard InChI is InChI=1S/C26H18BrN3OS/c27-21(16-18-10-4-1-5-11-18)17-22-25(31)30-24(20-14-8-3-9-15-20)23(28-29-26(30)32-22)19-12-6-2-7-13-19/h1-17,24H/b21-16-,22-17?/t24-/m0/s1. The van der Waals surface area contributed by atoms with Crippen LogP contribution in [0.15, 0.2) is 110 Å². The molecule has 1 aromatic heterocycles. The van der Waals surface area contributed by atoms with E-state index >= 15 is 0 Å². The molecule has 1 aliphatic heterocycles. The van der Waals surface area contributed by atoms with Gasteiger partial charge in [0.25, 0.3) is 5.56 Å². The van der Waals surface area contributed by atoms with Crippen LogP contribution in [0.4, 0.5) is 0 Å². The summed E-state index contributed by atoms with van der Waals surface area (Å²) < 4.78 is 3.18. The number of aromatic nitrogens is 1. The molecule has 6 heteroatoms. The third-order valence-electron chi connectivity index (χ3n) is 5.16. The SMILES string of the molecule is O=c1c(=C/C(Br)=C/c2ccccc2)sc2n1[C@@H](c1ccccc1)C(c1ccccc1)=NN=2. The van der Waals surface area contributed by atoms with Crippen molar-refractivity contribution in [2.45, 2.75) is 6.04 Å². The topological polar surface area (TPSA) is 46.7 Å². The molecule has 0 amide bonds. The van der Waals surface area contributed by atoms with Crippen LogP contribution < -0.4 is 14.9 Å². The monoisotopic (exact) mass is 499 g/mol. The maximum atomic E-state index is 13.5. The highest BCUT2D eigenvalue weighted by atomic mass is 79.9. The highest BCUT2D eigenvalue weighted by Gasteiger charge is 2.28. The summed E-state index contributed by atoms with van der Waals surface area (Å²) in [6, 6.07) is 29.5. The predicted molar refractivity (Wildman–Crippen MR) is 135 cm³/mol. The molecule has 4 nitrogen and oxygen atoms in total. The van der Waals surface area contributed by atoms with Gasteiger partial charge in [0.05, 0.1) is 10.2 Å². The number of hydrogen-bond acceptors (Lipinski definition) is 4. The second kappa shape index (κ2) is 9.02. The number of halogens is 1. The number of allylic oxidation sites excluding steroid dienone is 1. The zero-order valence-electron chi connectivity index (χ0n) is 16.9. The fourth-order valence-corrected chi connectivity index (χ4v) is 5.28. The van der Waals surface area contributed by atoms with Gasteiger partial charge in [-0.1, -0.05) is 118 Å². The van der Waals surface area contributed by atoms with Gasteiger partial charge in [0.1, 0.15) is 6.04 Å². The lowest BCUT2D eigenvalue weighted by Gasteiger charge is -2.22. The van der Waals surface area contributed by atoms with Gasteiger partial charge in [0.15, 0.2) is 0 Å². The van der Waals surface area contributed by atoms with Crippen LogP contribution in [0.1, 0.15) is 22.7 Å². The summed E-state index contributed by atoms with van der Waals surface area (Å²) >= 11 is 4.94. The number of fused-ring (bicyclic) bond motifs is 1. The van der Waals surface area contributed by atoms with Gasteiger partial charge in [0, 0.05) is 10.0 Å². The van der Waals surface area contributed by atoms with E-state index in [1.165, 1.54) is 11.3 Å². The van der Waals surface area contributed by atoms with Crippen LogP contribution in [0.2, 0.25) is 0 Å². The van der Waals surface area contributed by atoms with Gasteiger partial charge in [-0.3, -0.25) is 9.36 Å². The second-order valence-electron chi connectivity index (χ2n) is 7.27. The Labute approximate surface area is 197 Å². The van der Waals surface area contributed by atoms with E-state index in [9.17, 15) is 4.79 Å². The van der Waals surface area contributed by atoms with Crippen LogP contribution in [0.3, 0.4) is 0 Å². The van der Waals surface area contributed by atoms with Crippen molar-refractivity contribution in [1.29, 1.82) is 0 Å². The molecule has 0 saturated heterocycles. The van der Waals surface area contributed by atoms with Crippen LogP contribution in [-0.4, -0.2) is 10.3 Å². The Kier molecular flexibility index (Phi) is 5.79. The van der Waals surface area contributed by atoms with Crippen LogP contribution in [0.25, 0.3) is 12.2 Å². The fourth-order valence-electron chi connectivity index (χ4n) is 3.70. The Morgan fingerprint density at radius 1 is 0.875 bits per heavy atom. The fraction of sp³-hybridized carbons (Fsp3) is 0.0385. The van der Waals surface area contributed by atoms with Gasteiger partial charge in [-0.25, -0.2) is 0 Å². The first-order valence-corrected chi connectivity index (χ1v) is 11.7. The third kappa shape index (κ3) is 4.07. The van der Waals surface area contributed by atoms with E-state index in [0.717, 1.165) is 26.9 Å². The predicted octanol–water partition coefficient (Wildman–Crippen LogP) is 4.75. The number of hydrogen-bond donors (Lipinski definition) is 0. The van der Waals surface area contributed by atoms with E-state index in [1.54, 1.807) is 4.57 Å². The number of thiazole rings is 1. The minimum absolute atomic E-state index is 0.0793. The molecule has 1 atom stereocenters. The van der Waals surface area contributed by atoms with E-state index in [4.69, 9.17) is 0 Å². The molecule has 3 aromatic carbocycles. The number of nitrogens with zero attached hydrogens (tertiary/aromatic N) is 3. The van der Waals surface area contributed by atoms with Crippen molar-refractivity contribution < 1.29 is 0 Å². The van der Waals surface area contributed by atoms with Crippen LogP contribution >= 0.6 is 27.3 Å². The molecule has 0 radical (unpaired) electrons. The van der Waals surface area contributed by atoms with Gasteiger partial charge in [-0.05, 0) is 23.3 Å². The molecule has 0 aliphatic carbocycles. The van der Waals surface area contributed by atoms with Crippen molar-refractivity contribution in [3.63, 3.8) is 0 Å². The lowest BCUT2D eigenvalue weighted by atomic mass is 9.96. The molecular formula is C26H18BrN3OS. The van der Waals surface area contributed by atoms with Gasteiger partial charge in [0.2, 0.25) is 4.80 Å². The number of benzene rings is 3. The lowest BCUT2D eigenvalue weighted by Crippen LogP contribution is -2.40. The Morgan fingerprint density at radius 2 is 1.50 bits per heavy atom. The molecule has 5 rings (SSSR count). The van der Waals surface area contributed by atoms with Gasteiger partial charge in [-0.15, -0.1) is 10.2 Å². The summed E-state index contributed by atoms with van der Waals surface area (Å²) in [6.45, 7) is 0. The molecule has 0 spiro atoms. The lowest BCUT2D eigenvalue weighted by molar-refractivity contribution is 0.657.